The van der Waals surface area contributed by atoms with Crippen molar-refractivity contribution in [3.8, 4) is 0 Å². The number of allylic oxidation sites excluding steroid dienone is 2. The van der Waals surface area contributed by atoms with Crippen LogP contribution in [0.5, 0.6) is 0 Å². The molecule has 0 radical (unpaired) electrons. The van der Waals surface area contributed by atoms with Crippen molar-refractivity contribution in [2.75, 3.05) is 24.6 Å². The van der Waals surface area contributed by atoms with E-state index in [9.17, 15) is 13.8 Å². The van der Waals surface area contributed by atoms with Crippen molar-refractivity contribution in [2.45, 2.75) is 12.8 Å². The number of carbonyl (C=O) groups excluding carboxylic acids is 1. The predicted molar refractivity (Wildman–Crippen MR) is 67.4 cm³/mol. The highest BCUT2D eigenvalue weighted by Gasteiger charge is 2.36. The van der Waals surface area contributed by atoms with Crippen molar-refractivity contribution < 1.29 is 18.9 Å². The Morgan fingerprint density at radius 3 is 2.22 bits per heavy atom. The summed E-state index contributed by atoms with van der Waals surface area (Å²) < 4.78 is 11.2. The number of aliphatic carboxylic acids is 1. The van der Waals surface area contributed by atoms with Gasteiger partial charge in [0, 0.05) is 35.4 Å². The molecule has 1 heterocycles. The summed E-state index contributed by atoms with van der Waals surface area (Å²) in [6.07, 6.45) is 4.62. The highest BCUT2D eigenvalue weighted by Crippen LogP contribution is 2.28. The molecule has 1 saturated heterocycles. The average Bonchev–Trinajstić information content (AvgIpc) is 2.39. The van der Waals surface area contributed by atoms with Crippen molar-refractivity contribution in [1.29, 1.82) is 0 Å². The van der Waals surface area contributed by atoms with Gasteiger partial charge in [0.15, 0.2) is 0 Å². The fourth-order valence-corrected chi connectivity index (χ4v) is 3.50. The number of amides is 1. The molecule has 0 saturated carbocycles. The van der Waals surface area contributed by atoms with Crippen LogP contribution in [0.3, 0.4) is 0 Å². The number of hydrogen-bond acceptors (Lipinski definition) is 3. The van der Waals surface area contributed by atoms with Crippen molar-refractivity contribution in [3.05, 3.63) is 12.2 Å². The monoisotopic (exact) mass is 271 g/mol. The van der Waals surface area contributed by atoms with E-state index in [1.54, 1.807) is 4.90 Å². The van der Waals surface area contributed by atoms with Gasteiger partial charge in [-0.05, 0) is 12.8 Å². The Morgan fingerprint density at radius 1 is 1.11 bits per heavy atom. The zero-order valence-corrected chi connectivity index (χ0v) is 10.9. The molecule has 1 aliphatic heterocycles. The Labute approximate surface area is 108 Å². The van der Waals surface area contributed by atoms with Crippen LogP contribution >= 0.6 is 0 Å². The first-order chi connectivity index (χ1) is 8.59. The largest absolute Gasteiger partial charge is 0.481 e. The molecule has 5 nitrogen and oxygen atoms in total. The summed E-state index contributed by atoms with van der Waals surface area (Å²) in [5, 5.41) is 9.14. The summed E-state index contributed by atoms with van der Waals surface area (Å²) in [7, 11) is -0.824. The Balaban J connectivity index is 2.05. The number of carboxylic acids is 1. The second kappa shape index (κ2) is 5.65. The van der Waals surface area contributed by atoms with Gasteiger partial charge in [0.05, 0.1) is 11.8 Å². The minimum absolute atomic E-state index is 0.0940. The third-order valence-electron chi connectivity index (χ3n) is 3.56. The standard InChI is InChI=1S/C12H17NO4S/c14-11(13-5-7-18(17)8-6-13)9-3-1-2-4-10(9)12(15)16/h1-2,9-10H,3-8H2,(H,15,16)/t9-,10+/m1/s1. The molecule has 0 spiro atoms. The smallest absolute Gasteiger partial charge is 0.307 e. The Bertz CT molecular complexity index is 397. The van der Waals surface area contributed by atoms with Crippen LogP contribution in [-0.2, 0) is 20.4 Å². The molecule has 0 bridgehead atoms. The van der Waals surface area contributed by atoms with E-state index >= 15 is 0 Å². The number of carbonyl (C=O) groups is 2. The van der Waals surface area contributed by atoms with E-state index in [4.69, 9.17) is 5.11 Å². The molecule has 6 heteroatoms. The molecular weight excluding hydrogens is 254 g/mol. The summed E-state index contributed by atoms with van der Waals surface area (Å²) in [6.45, 7) is 0.968. The lowest BCUT2D eigenvalue weighted by Gasteiger charge is -2.32. The molecule has 1 aliphatic carbocycles. The molecule has 1 fully saturated rings. The quantitative estimate of drug-likeness (QED) is 0.730. The minimum Gasteiger partial charge on any atom is -0.481 e. The molecule has 0 aromatic heterocycles. The molecule has 2 aliphatic rings. The zero-order valence-electron chi connectivity index (χ0n) is 10.1. The van der Waals surface area contributed by atoms with E-state index in [1.807, 2.05) is 12.2 Å². The first kappa shape index (κ1) is 13.3. The zero-order chi connectivity index (χ0) is 13.1. The van der Waals surface area contributed by atoms with Crippen LogP contribution in [0.15, 0.2) is 12.2 Å². The van der Waals surface area contributed by atoms with E-state index in [0.717, 1.165) is 0 Å². The first-order valence-corrected chi connectivity index (χ1v) is 7.60. The molecule has 2 rings (SSSR count). The van der Waals surface area contributed by atoms with E-state index < -0.39 is 28.6 Å². The van der Waals surface area contributed by atoms with E-state index in [2.05, 4.69) is 0 Å². The van der Waals surface area contributed by atoms with Crippen LogP contribution < -0.4 is 0 Å². The third kappa shape index (κ3) is 2.80. The number of rotatable bonds is 2. The fourth-order valence-electron chi connectivity index (χ4n) is 2.45. The predicted octanol–water partition coefficient (Wildman–Crippen LogP) is 0.244. The van der Waals surface area contributed by atoms with E-state index in [1.165, 1.54) is 0 Å². The van der Waals surface area contributed by atoms with Gasteiger partial charge in [-0.25, -0.2) is 0 Å². The van der Waals surface area contributed by atoms with Gasteiger partial charge in [-0.1, -0.05) is 12.2 Å². The SMILES string of the molecule is O=C(O)[C@H]1CC=CC[C@H]1C(=O)N1CCS(=O)CC1. The molecule has 2 atom stereocenters. The second-order valence-corrected chi connectivity index (χ2v) is 6.36. The van der Waals surface area contributed by atoms with Crippen LogP contribution in [0.2, 0.25) is 0 Å². The van der Waals surface area contributed by atoms with E-state index in [-0.39, 0.29) is 5.91 Å². The van der Waals surface area contributed by atoms with E-state index in [0.29, 0.717) is 37.4 Å². The molecule has 0 unspecified atom stereocenters. The maximum atomic E-state index is 12.3. The Morgan fingerprint density at radius 2 is 1.67 bits per heavy atom. The van der Waals surface area contributed by atoms with Gasteiger partial charge in [0.2, 0.25) is 5.91 Å². The van der Waals surface area contributed by atoms with Gasteiger partial charge < -0.3 is 10.0 Å². The van der Waals surface area contributed by atoms with Crippen molar-refractivity contribution in [2.24, 2.45) is 11.8 Å². The summed E-state index contributed by atoms with van der Waals surface area (Å²) in [5.41, 5.74) is 0. The molecule has 100 valence electrons. The second-order valence-electron chi connectivity index (χ2n) is 4.67. The van der Waals surface area contributed by atoms with Crippen molar-refractivity contribution >= 4 is 22.7 Å². The van der Waals surface area contributed by atoms with Crippen molar-refractivity contribution in [3.63, 3.8) is 0 Å². The van der Waals surface area contributed by atoms with Crippen LogP contribution in [-0.4, -0.2) is 50.7 Å². The van der Waals surface area contributed by atoms with Gasteiger partial charge in [-0.15, -0.1) is 0 Å². The van der Waals surface area contributed by atoms with Crippen LogP contribution in [0.1, 0.15) is 12.8 Å². The third-order valence-corrected chi connectivity index (χ3v) is 4.83. The average molecular weight is 271 g/mol. The molecule has 0 aromatic carbocycles. The lowest BCUT2D eigenvalue weighted by atomic mass is 9.82. The maximum Gasteiger partial charge on any atom is 0.307 e. The molecular formula is C12H17NO4S. The van der Waals surface area contributed by atoms with Crippen LogP contribution in [0.25, 0.3) is 0 Å². The Hall–Kier alpha value is -1.17. The fraction of sp³-hybridized carbons (Fsp3) is 0.667. The lowest BCUT2D eigenvalue weighted by Crippen LogP contribution is -2.47. The minimum atomic E-state index is -0.904. The molecule has 1 amide bonds. The highest BCUT2D eigenvalue weighted by atomic mass is 32.2. The van der Waals surface area contributed by atoms with Gasteiger partial charge in [-0.2, -0.15) is 0 Å². The normalized spacial score (nSPS) is 29.2. The topological polar surface area (TPSA) is 74.7 Å². The van der Waals surface area contributed by atoms with Crippen molar-refractivity contribution in [1.82, 2.24) is 4.90 Å². The molecule has 1 N–H and O–H groups in total. The summed E-state index contributed by atoms with van der Waals surface area (Å²) in [6, 6.07) is 0. The molecule has 0 aromatic rings. The Kier molecular flexibility index (Phi) is 4.16. The van der Waals surface area contributed by atoms with Crippen LogP contribution in [0, 0.1) is 11.8 Å². The molecule has 18 heavy (non-hydrogen) atoms. The number of hydrogen-bond donors (Lipinski definition) is 1. The van der Waals surface area contributed by atoms with Gasteiger partial charge in [0.25, 0.3) is 0 Å². The highest BCUT2D eigenvalue weighted by molar-refractivity contribution is 7.85. The van der Waals surface area contributed by atoms with Gasteiger partial charge >= 0.3 is 5.97 Å². The maximum absolute atomic E-state index is 12.3. The van der Waals surface area contributed by atoms with Gasteiger partial charge in [0.1, 0.15) is 0 Å². The summed E-state index contributed by atoms with van der Waals surface area (Å²) in [4.78, 5) is 25.1. The summed E-state index contributed by atoms with van der Waals surface area (Å²) in [5.74, 6) is -1.06. The van der Waals surface area contributed by atoms with Gasteiger partial charge in [-0.3, -0.25) is 13.8 Å². The number of carboxylic acid groups (broad SMARTS) is 1. The van der Waals surface area contributed by atoms with Crippen LogP contribution in [0.4, 0.5) is 0 Å². The first-order valence-electron chi connectivity index (χ1n) is 6.11. The lowest BCUT2D eigenvalue weighted by molar-refractivity contribution is -0.150. The number of nitrogens with zero attached hydrogens (tertiary/aromatic N) is 1. The summed E-state index contributed by atoms with van der Waals surface area (Å²) >= 11 is 0.